The largest absolute Gasteiger partial charge is 0.481 e. The summed E-state index contributed by atoms with van der Waals surface area (Å²) in [5.74, 6) is -0.151. The van der Waals surface area contributed by atoms with E-state index in [1.54, 1.807) is 13.8 Å². The van der Waals surface area contributed by atoms with Gasteiger partial charge in [0.15, 0.2) is 6.10 Å². The molecule has 1 atom stereocenters. The lowest BCUT2D eigenvalue weighted by Crippen LogP contribution is -2.32. The molecule has 0 radical (unpaired) electrons. The highest BCUT2D eigenvalue weighted by atomic mass is 16.6. The Bertz CT molecular complexity index is 445. The highest BCUT2D eigenvalue weighted by Gasteiger charge is 2.16. The van der Waals surface area contributed by atoms with Gasteiger partial charge in [0.1, 0.15) is 5.75 Å². The maximum Gasteiger partial charge on any atom is 0.272 e. The lowest BCUT2D eigenvalue weighted by molar-refractivity contribution is -0.385. The van der Waals surface area contributed by atoms with Crippen LogP contribution < -0.4 is 10.5 Å². The van der Waals surface area contributed by atoms with Crippen LogP contribution in [0, 0.1) is 17.0 Å². The van der Waals surface area contributed by atoms with Gasteiger partial charge in [0, 0.05) is 11.6 Å². The van der Waals surface area contributed by atoms with Crippen LogP contribution in [0.4, 0.5) is 5.69 Å². The van der Waals surface area contributed by atoms with Crippen molar-refractivity contribution in [1.29, 1.82) is 0 Å². The van der Waals surface area contributed by atoms with Gasteiger partial charge in [-0.15, -0.1) is 0 Å². The van der Waals surface area contributed by atoms with E-state index in [0.717, 1.165) is 0 Å². The van der Waals surface area contributed by atoms with E-state index >= 15 is 0 Å². The summed E-state index contributed by atoms with van der Waals surface area (Å²) in [6, 6.07) is 4.32. The Labute approximate surface area is 98.5 Å². The number of carbonyl (C=O) groups excluding carboxylic acids is 1. The van der Waals surface area contributed by atoms with Crippen LogP contribution in [0.25, 0.3) is 0 Å². The molecule has 1 rings (SSSR count). The normalized spacial score (nSPS) is 11.9. The highest BCUT2D eigenvalue weighted by molar-refractivity contribution is 5.79. The van der Waals surface area contributed by atoms with Crippen LogP contribution in [0.5, 0.6) is 5.75 Å². The molecule has 0 bridgehead atoms. The average Bonchev–Trinajstić information content (AvgIpc) is 2.24. The molecule has 0 fully saturated rings. The van der Waals surface area contributed by atoms with Crippen molar-refractivity contribution in [3.63, 3.8) is 0 Å². The minimum atomic E-state index is -0.712. The maximum absolute atomic E-state index is 11.0. The predicted molar refractivity (Wildman–Crippen MR) is 61.7 cm³/mol. The van der Waals surface area contributed by atoms with Gasteiger partial charge < -0.3 is 10.5 Å². The van der Waals surface area contributed by atoms with Crippen LogP contribution in [0.2, 0.25) is 0 Å². The van der Waals surface area contributed by atoms with Gasteiger partial charge in [-0.25, -0.2) is 0 Å². The Morgan fingerprint density at radius 2 is 2.24 bits per heavy atom. The molecule has 0 saturated heterocycles. The number of rotatable bonds is 5. The maximum atomic E-state index is 11.0. The van der Waals surface area contributed by atoms with Crippen molar-refractivity contribution in [1.82, 2.24) is 0 Å². The Kier molecular flexibility index (Phi) is 4.03. The zero-order valence-electron chi connectivity index (χ0n) is 9.67. The van der Waals surface area contributed by atoms with Gasteiger partial charge >= 0.3 is 0 Å². The molecule has 0 saturated carbocycles. The monoisotopic (exact) mass is 238 g/mol. The molecule has 6 nitrogen and oxygen atoms in total. The summed E-state index contributed by atoms with van der Waals surface area (Å²) in [7, 11) is 0. The van der Waals surface area contributed by atoms with Gasteiger partial charge in [0.2, 0.25) is 0 Å². The van der Waals surface area contributed by atoms with Crippen LogP contribution in [0.15, 0.2) is 18.2 Å². The van der Waals surface area contributed by atoms with Crippen molar-refractivity contribution < 1.29 is 14.5 Å². The number of nitrogens with zero attached hydrogens (tertiary/aromatic N) is 1. The first-order valence-electron chi connectivity index (χ1n) is 5.16. The minimum Gasteiger partial charge on any atom is -0.481 e. The van der Waals surface area contributed by atoms with Crippen molar-refractivity contribution in [2.75, 3.05) is 0 Å². The van der Waals surface area contributed by atoms with Gasteiger partial charge in [-0.1, -0.05) is 6.92 Å². The van der Waals surface area contributed by atoms with E-state index in [0.29, 0.717) is 17.7 Å². The second kappa shape index (κ2) is 5.29. The van der Waals surface area contributed by atoms with Gasteiger partial charge in [-0.2, -0.15) is 0 Å². The predicted octanol–water partition coefficient (Wildman–Crippen LogP) is 1.55. The van der Waals surface area contributed by atoms with Crippen LogP contribution in [0.1, 0.15) is 18.9 Å². The Balaban J connectivity index is 2.90. The molecular formula is C11H14N2O4. The zero-order chi connectivity index (χ0) is 13.0. The van der Waals surface area contributed by atoms with E-state index in [1.165, 1.54) is 18.2 Å². The summed E-state index contributed by atoms with van der Waals surface area (Å²) in [4.78, 5) is 21.1. The fraction of sp³-hybridized carbons (Fsp3) is 0.364. The van der Waals surface area contributed by atoms with E-state index in [-0.39, 0.29) is 5.69 Å². The van der Waals surface area contributed by atoms with Crippen molar-refractivity contribution in [2.45, 2.75) is 26.4 Å². The number of hydrogen-bond donors (Lipinski definition) is 1. The van der Waals surface area contributed by atoms with Crippen LogP contribution in [0.3, 0.4) is 0 Å². The summed E-state index contributed by atoms with van der Waals surface area (Å²) in [5, 5.41) is 10.6. The van der Waals surface area contributed by atoms with Crippen molar-refractivity contribution in [3.05, 3.63) is 33.9 Å². The molecule has 0 heterocycles. The summed E-state index contributed by atoms with van der Waals surface area (Å²) in [6.07, 6.45) is -0.262. The third-order valence-corrected chi connectivity index (χ3v) is 2.33. The quantitative estimate of drug-likeness (QED) is 0.621. The number of amides is 1. The van der Waals surface area contributed by atoms with E-state index in [4.69, 9.17) is 10.5 Å². The molecule has 2 N–H and O–H groups in total. The highest BCUT2D eigenvalue weighted by Crippen LogP contribution is 2.24. The van der Waals surface area contributed by atoms with E-state index in [1.807, 2.05) is 0 Å². The fourth-order valence-electron chi connectivity index (χ4n) is 1.41. The molecule has 17 heavy (non-hydrogen) atoms. The Morgan fingerprint density at radius 1 is 1.59 bits per heavy atom. The number of carbonyl (C=O) groups is 1. The number of hydrogen-bond acceptors (Lipinski definition) is 4. The second-order valence-electron chi connectivity index (χ2n) is 3.62. The molecule has 0 spiro atoms. The van der Waals surface area contributed by atoms with Gasteiger partial charge in [0.25, 0.3) is 11.6 Å². The summed E-state index contributed by atoms with van der Waals surface area (Å²) in [5.41, 5.74) is 5.64. The first kappa shape index (κ1) is 13.0. The Hall–Kier alpha value is -2.11. The number of nitrogens with two attached hydrogens (primary N) is 1. The first-order chi connectivity index (χ1) is 7.95. The van der Waals surface area contributed by atoms with Crippen LogP contribution in [-0.4, -0.2) is 16.9 Å². The number of aryl methyl sites for hydroxylation is 1. The molecule has 0 aromatic heterocycles. The number of benzene rings is 1. The zero-order valence-corrected chi connectivity index (χ0v) is 9.67. The minimum absolute atomic E-state index is 0.0180. The fourth-order valence-corrected chi connectivity index (χ4v) is 1.41. The molecule has 0 aliphatic heterocycles. The molecule has 0 aliphatic carbocycles. The summed E-state index contributed by atoms with van der Waals surface area (Å²) >= 11 is 0. The van der Waals surface area contributed by atoms with Gasteiger partial charge in [-0.05, 0) is 25.5 Å². The van der Waals surface area contributed by atoms with Crippen molar-refractivity contribution in [3.8, 4) is 5.75 Å². The van der Waals surface area contributed by atoms with E-state index in [2.05, 4.69) is 0 Å². The SMILES string of the molecule is CCC(Oc1ccc([N+](=O)[O-])c(C)c1)C(N)=O. The topological polar surface area (TPSA) is 95.5 Å². The van der Waals surface area contributed by atoms with Crippen molar-refractivity contribution in [2.24, 2.45) is 5.73 Å². The third-order valence-electron chi connectivity index (χ3n) is 2.33. The molecule has 1 unspecified atom stereocenters. The average molecular weight is 238 g/mol. The standard InChI is InChI=1S/C11H14N2O4/c1-3-10(11(12)14)17-8-4-5-9(13(15)16)7(2)6-8/h4-6,10H,3H2,1-2H3,(H2,12,14). The second-order valence-corrected chi connectivity index (χ2v) is 3.62. The lowest BCUT2D eigenvalue weighted by Gasteiger charge is -2.14. The van der Waals surface area contributed by atoms with E-state index < -0.39 is 16.9 Å². The molecule has 1 amide bonds. The number of primary amides is 1. The summed E-state index contributed by atoms with van der Waals surface area (Å²) in [6.45, 7) is 3.38. The van der Waals surface area contributed by atoms with Gasteiger partial charge in [0.05, 0.1) is 4.92 Å². The van der Waals surface area contributed by atoms with Gasteiger partial charge in [-0.3, -0.25) is 14.9 Å². The number of ether oxygens (including phenoxy) is 1. The van der Waals surface area contributed by atoms with E-state index in [9.17, 15) is 14.9 Å². The number of nitro groups is 1. The molecule has 1 aromatic carbocycles. The molecule has 0 aliphatic rings. The molecule has 1 aromatic rings. The number of nitro benzene ring substituents is 1. The lowest BCUT2D eigenvalue weighted by atomic mass is 10.2. The Morgan fingerprint density at radius 3 is 2.65 bits per heavy atom. The molecule has 92 valence electrons. The van der Waals surface area contributed by atoms with Crippen LogP contribution in [-0.2, 0) is 4.79 Å². The summed E-state index contributed by atoms with van der Waals surface area (Å²) < 4.78 is 5.34. The third kappa shape index (κ3) is 3.17. The van der Waals surface area contributed by atoms with Crippen molar-refractivity contribution >= 4 is 11.6 Å². The smallest absolute Gasteiger partial charge is 0.272 e. The van der Waals surface area contributed by atoms with Crippen LogP contribution >= 0.6 is 0 Å². The molecule has 6 heteroatoms. The molecular weight excluding hydrogens is 224 g/mol. The first-order valence-corrected chi connectivity index (χ1v) is 5.16.